The van der Waals surface area contributed by atoms with Crippen LogP contribution in [0.3, 0.4) is 0 Å². The molecule has 5 atom stereocenters. The van der Waals surface area contributed by atoms with Gasteiger partial charge in [0, 0.05) is 5.56 Å². The number of rotatable bonds is 5. The first kappa shape index (κ1) is 19.0. The molecule has 0 spiro atoms. The summed E-state index contributed by atoms with van der Waals surface area (Å²) in [5.41, 5.74) is 1.91. The van der Waals surface area contributed by atoms with Gasteiger partial charge in [-0.2, -0.15) is 0 Å². The van der Waals surface area contributed by atoms with Crippen molar-refractivity contribution in [2.45, 2.75) is 28.7 Å². The van der Waals surface area contributed by atoms with Crippen molar-refractivity contribution >= 4 is 17.1 Å². The molecule has 0 amide bonds. The summed E-state index contributed by atoms with van der Waals surface area (Å²) in [6.07, 6.45) is 7.92. The van der Waals surface area contributed by atoms with Gasteiger partial charge in [0.05, 0.1) is 5.92 Å². The van der Waals surface area contributed by atoms with E-state index in [2.05, 4.69) is 5.32 Å². The lowest BCUT2D eigenvalue weighted by atomic mass is 9.88. The quantitative estimate of drug-likeness (QED) is 0.625. The maximum absolute atomic E-state index is 13.0. The molecule has 5 heteroatoms. The number of fused-ring (bicyclic) bond motifs is 2. The Balaban J connectivity index is 1.60. The molecule has 0 radical (unpaired) electrons. The fourth-order valence-electron chi connectivity index (χ4n) is 3.85. The minimum Gasteiger partial charge on any atom is -0.611 e. The fraction of sp³-hybridized carbons (Fsp3) is 0.261. The van der Waals surface area contributed by atoms with E-state index in [-0.39, 0.29) is 17.1 Å². The van der Waals surface area contributed by atoms with Crippen molar-refractivity contribution in [3.8, 4) is 0 Å². The average Bonchev–Trinajstić information content (AvgIpc) is 2.75. The van der Waals surface area contributed by atoms with Gasteiger partial charge in [-0.15, -0.1) is 0 Å². The van der Waals surface area contributed by atoms with Gasteiger partial charge in [0.1, 0.15) is 17.4 Å². The smallest absolute Gasteiger partial charge is 0.324 e. The number of nitrogens with one attached hydrogen (secondary N) is 1. The molecular formula is C23H23NO3S. The van der Waals surface area contributed by atoms with E-state index in [0.717, 1.165) is 16.0 Å². The highest BCUT2D eigenvalue weighted by molar-refractivity contribution is 7.92. The number of benzene rings is 2. The summed E-state index contributed by atoms with van der Waals surface area (Å²) in [4.78, 5) is 13.8. The van der Waals surface area contributed by atoms with Gasteiger partial charge in [-0.3, -0.25) is 4.79 Å². The Morgan fingerprint density at radius 3 is 2.61 bits per heavy atom. The van der Waals surface area contributed by atoms with E-state index >= 15 is 0 Å². The molecule has 0 bridgehead atoms. The molecule has 1 aliphatic heterocycles. The van der Waals surface area contributed by atoms with E-state index in [1.807, 2.05) is 78.9 Å². The molecule has 0 saturated carbocycles. The number of ether oxygens (including phenoxy) is 1. The minimum atomic E-state index is -1.16. The summed E-state index contributed by atoms with van der Waals surface area (Å²) in [5.74, 6) is -0.417. The first-order valence-electron chi connectivity index (χ1n) is 9.45. The Morgan fingerprint density at radius 1 is 1.11 bits per heavy atom. The summed E-state index contributed by atoms with van der Waals surface area (Å²) in [6.45, 7) is 0. The number of hydrogen-bond donors (Lipinski definition) is 1. The maximum atomic E-state index is 13.0. The van der Waals surface area contributed by atoms with Crippen LogP contribution in [0.15, 0.2) is 83.8 Å². The van der Waals surface area contributed by atoms with Crippen LogP contribution >= 0.6 is 0 Å². The second-order valence-electron chi connectivity index (χ2n) is 7.04. The molecule has 4 nitrogen and oxygen atoms in total. The van der Waals surface area contributed by atoms with Gasteiger partial charge in [-0.05, 0) is 42.4 Å². The third kappa shape index (κ3) is 3.65. The molecule has 2 aliphatic rings. The van der Waals surface area contributed by atoms with E-state index in [1.165, 1.54) is 0 Å². The van der Waals surface area contributed by atoms with E-state index < -0.39 is 23.3 Å². The van der Waals surface area contributed by atoms with Crippen LogP contribution in [0.25, 0.3) is 0 Å². The van der Waals surface area contributed by atoms with Crippen LogP contribution in [0.4, 0.5) is 0 Å². The molecule has 0 aromatic heterocycles. The number of carbonyl (C=O) groups excluding carboxylic acids is 1. The van der Waals surface area contributed by atoms with Gasteiger partial charge in [0.25, 0.3) is 0 Å². The van der Waals surface area contributed by atoms with Gasteiger partial charge < -0.3 is 14.6 Å². The van der Waals surface area contributed by atoms with Crippen LogP contribution in [0.1, 0.15) is 17.2 Å². The largest absolute Gasteiger partial charge is 0.611 e. The van der Waals surface area contributed by atoms with E-state index in [9.17, 15) is 9.35 Å². The Bertz CT molecular complexity index is 896. The SMILES string of the molecule is CNC(Cc1ccccc1)C(=O)OC1c2ccccc2[S+]([O-])C2C=CC=CC12. The van der Waals surface area contributed by atoms with Crippen molar-refractivity contribution in [2.75, 3.05) is 7.05 Å². The Kier molecular flexibility index (Phi) is 5.67. The van der Waals surface area contributed by atoms with Gasteiger partial charge in [0.15, 0.2) is 4.90 Å². The molecule has 2 aromatic carbocycles. The Morgan fingerprint density at radius 2 is 1.82 bits per heavy atom. The van der Waals surface area contributed by atoms with Crippen molar-refractivity contribution in [2.24, 2.45) is 5.92 Å². The van der Waals surface area contributed by atoms with Crippen molar-refractivity contribution < 1.29 is 14.1 Å². The van der Waals surface area contributed by atoms with E-state index in [0.29, 0.717) is 6.42 Å². The summed E-state index contributed by atoms with van der Waals surface area (Å²) in [7, 11) is 1.77. The van der Waals surface area contributed by atoms with Crippen molar-refractivity contribution in [1.82, 2.24) is 5.32 Å². The number of hydrogen-bond acceptors (Lipinski definition) is 4. The maximum Gasteiger partial charge on any atom is 0.324 e. The molecule has 1 aliphatic carbocycles. The van der Waals surface area contributed by atoms with Crippen LogP contribution in [-0.4, -0.2) is 28.9 Å². The van der Waals surface area contributed by atoms with Gasteiger partial charge in [-0.1, -0.05) is 66.8 Å². The third-order valence-corrected chi connectivity index (χ3v) is 7.09. The van der Waals surface area contributed by atoms with Crippen LogP contribution in [0.5, 0.6) is 0 Å². The summed E-state index contributed by atoms with van der Waals surface area (Å²) in [6, 6.07) is 17.0. The summed E-state index contributed by atoms with van der Waals surface area (Å²) < 4.78 is 19.0. The van der Waals surface area contributed by atoms with E-state index in [1.54, 1.807) is 7.05 Å². The lowest BCUT2D eigenvalue weighted by Gasteiger charge is -2.38. The zero-order valence-corrected chi connectivity index (χ0v) is 16.5. The predicted octanol–water partition coefficient (Wildman–Crippen LogP) is 3.33. The van der Waals surface area contributed by atoms with Crippen LogP contribution in [0, 0.1) is 5.92 Å². The van der Waals surface area contributed by atoms with Gasteiger partial charge in [-0.25, -0.2) is 0 Å². The monoisotopic (exact) mass is 393 g/mol. The number of carbonyl (C=O) groups is 1. The lowest BCUT2D eigenvalue weighted by molar-refractivity contribution is -0.154. The zero-order chi connectivity index (χ0) is 19.5. The second kappa shape index (κ2) is 8.35. The second-order valence-corrected chi connectivity index (χ2v) is 8.61. The molecule has 2 aromatic rings. The normalized spacial score (nSPS) is 26.2. The van der Waals surface area contributed by atoms with Gasteiger partial charge in [0.2, 0.25) is 0 Å². The molecule has 28 heavy (non-hydrogen) atoms. The Hall–Kier alpha value is -2.34. The fourth-order valence-corrected chi connectivity index (χ4v) is 5.52. The Labute approximate surface area is 168 Å². The third-order valence-electron chi connectivity index (χ3n) is 5.32. The van der Waals surface area contributed by atoms with Crippen molar-refractivity contribution in [3.05, 3.63) is 90.0 Å². The first-order valence-corrected chi connectivity index (χ1v) is 10.7. The standard InChI is InChI=1S/C23H23NO3S/c1-24-19(15-16-9-3-2-4-10-16)23(25)27-22-17-11-5-7-13-20(17)28(26)21-14-8-6-12-18(21)22/h2-14,17,19-20,22,24H,15H2,1H3. The summed E-state index contributed by atoms with van der Waals surface area (Å²) >= 11 is -1.16. The highest BCUT2D eigenvalue weighted by atomic mass is 32.2. The van der Waals surface area contributed by atoms with E-state index in [4.69, 9.17) is 4.74 Å². The van der Waals surface area contributed by atoms with Crippen LogP contribution in [0.2, 0.25) is 0 Å². The molecule has 0 fully saturated rings. The highest BCUT2D eigenvalue weighted by Gasteiger charge is 2.46. The number of esters is 1. The zero-order valence-electron chi connectivity index (χ0n) is 15.7. The molecule has 5 unspecified atom stereocenters. The molecular weight excluding hydrogens is 370 g/mol. The van der Waals surface area contributed by atoms with Crippen LogP contribution in [-0.2, 0) is 27.1 Å². The lowest BCUT2D eigenvalue weighted by Crippen LogP contribution is -2.43. The predicted molar refractivity (Wildman–Crippen MR) is 110 cm³/mol. The van der Waals surface area contributed by atoms with Crippen LogP contribution < -0.4 is 5.32 Å². The molecule has 1 N–H and O–H groups in total. The highest BCUT2D eigenvalue weighted by Crippen LogP contribution is 2.44. The van der Waals surface area contributed by atoms with Crippen molar-refractivity contribution in [1.29, 1.82) is 0 Å². The number of likely N-dealkylation sites (N-methyl/N-ethyl adjacent to an activating group) is 1. The average molecular weight is 394 g/mol. The van der Waals surface area contributed by atoms with Crippen molar-refractivity contribution in [3.63, 3.8) is 0 Å². The molecule has 144 valence electrons. The number of allylic oxidation sites excluding steroid dienone is 2. The summed E-state index contributed by atoms with van der Waals surface area (Å²) in [5, 5.41) is 2.90. The first-order chi connectivity index (χ1) is 13.7. The molecule has 0 saturated heterocycles. The topological polar surface area (TPSA) is 61.4 Å². The minimum absolute atomic E-state index is 0.126. The molecule has 1 heterocycles. The molecule has 4 rings (SSSR count). The van der Waals surface area contributed by atoms with Gasteiger partial charge >= 0.3 is 5.97 Å².